The van der Waals surface area contributed by atoms with Crippen molar-refractivity contribution in [1.29, 1.82) is 0 Å². The molecular weight excluding hydrogens is 270 g/mol. The number of aryl methyl sites for hydroxylation is 3. The van der Waals surface area contributed by atoms with Crippen molar-refractivity contribution >= 4 is 11.3 Å². The minimum atomic E-state index is 0.679. The number of aromatic nitrogens is 4. The van der Waals surface area contributed by atoms with E-state index < -0.39 is 0 Å². The lowest BCUT2D eigenvalue weighted by atomic mass is 9.99. The lowest BCUT2D eigenvalue weighted by Gasteiger charge is -2.24. The summed E-state index contributed by atoms with van der Waals surface area (Å²) < 4.78 is 2.31. The highest BCUT2D eigenvalue weighted by atomic mass is 32.1. The maximum absolute atomic E-state index is 4.29. The summed E-state index contributed by atoms with van der Waals surface area (Å²) in [5.74, 6) is 2.97. The molecule has 0 amide bonds. The first-order chi connectivity index (χ1) is 9.76. The molecule has 108 valence electrons. The van der Waals surface area contributed by atoms with Crippen molar-refractivity contribution in [2.24, 2.45) is 5.92 Å². The van der Waals surface area contributed by atoms with Crippen molar-refractivity contribution in [1.82, 2.24) is 25.1 Å². The van der Waals surface area contributed by atoms with Crippen LogP contribution in [0.15, 0.2) is 6.20 Å². The number of hydrogen-bond acceptors (Lipinski definition) is 5. The summed E-state index contributed by atoms with van der Waals surface area (Å²) >= 11 is 1.77. The molecule has 3 rings (SSSR count). The van der Waals surface area contributed by atoms with E-state index in [0.29, 0.717) is 5.92 Å². The molecule has 0 fully saturated rings. The van der Waals surface area contributed by atoms with Crippen LogP contribution < -0.4 is 5.32 Å². The van der Waals surface area contributed by atoms with Gasteiger partial charge in [0.25, 0.3) is 0 Å². The maximum Gasteiger partial charge on any atom is 0.133 e. The van der Waals surface area contributed by atoms with Gasteiger partial charge in [0.05, 0.1) is 5.01 Å². The molecule has 3 heterocycles. The van der Waals surface area contributed by atoms with Crippen molar-refractivity contribution in [2.45, 2.75) is 46.2 Å². The smallest absolute Gasteiger partial charge is 0.133 e. The van der Waals surface area contributed by atoms with Gasteiger partial charge in [-0.15, -0.1) is 21.5 Å². The molecule has 1 aliphatic heterocycles. The van der Waals surface area contributed by atoms with E-state index in [1.807, 2.05) is 6.20 Å². The fraction of sp³-hybridized carbons (Fsp3) is 0.643. The first-order valence-electron chi connectivity index (χ1n) is 7.29. The number of rotatable bonds is 5. The highest BCUT2D eigenvalue weighted by Crippen LogP contribution is 2.20. The van der Waals surface area contributed by atoms with E-state index in [2.05, 4.69) is 38.9 Å². The Bertz CT molecular complexity index is 560. The van der Waals surface area contributed by atoms with E-state index in [9.17, 15) is 0 Å². The van der Waals surface area contributed by atoms with Gasteiger partial charge in [-0.05, 0) is 19.3 Å². The van der Waals surface area contributed by atoms with Crippen molar-refractivity contribution in [3.05, 3.63) is 27.7 Å². The minimum absolute atomic E-state index is 0.679. The molecule has 0 aliphatic carbocycles. The van der Waals surface area contributed by atoms with E-state index in [1.54, 1.807) is 11.3 Å². The molecule has 0 aromatic carbocycles. The molecule has 1 unspecified atom stereocenters. The van der Waals surface area contributed by atoms with E-state index in [-0.39, 0.29) is 0 Å². The van der Waals surface area contributed by atoms with Crippen LogP contribution in [0.2, 0.25) is 0 Å². The lowest BCUT2D eigenvalue weighted by molar-refractivity contribution is 0.343. The van der Waals surface area contributed by atoms with Gasteiger partial charge in [-0.2, -0.15) is 0 Å². The average Bonchev–Trinajstić information content (AvgIpc) is 3.04. The van der Waals surface area contributed by atoms with E-state index in [1.165, 1.54) is 11.3 Å². The molecule has 1 atom stereocenters. The standard InChI is InChI=1S/C14H21N5S/c1-3-13-17-18-14-5-4-11(9-19(13)14)6-15-7-12-8-16-10(2)20-12/h8,11,15H,3-7,9H2,1-2H3. The zero-order chi connectivity index (χ0) is 13.9. The summed E-state index contributed by atoms with van der Waals surface area (Å²) in [6.07, 6.45) is 5.20. The van der Waals surface area contributed by atoms with Gasteiger partial charge in [0.1, 0.15) is 11.6 Å². The molecule has 0 saturated carbocycles. The molecule has 2 aromatic heterocycles. The molecule has 6 heteroatoms. The van der Waals surface area contributed by atoms with Crippen LogP contribution in [0.4, 0.5) is 0 Å². The third-order valence-corrected chi connectivity index (χ3v) is 4.75. The topological polar surface area (TPSA) is 55.6 Å². The average molecular weight is 291 g/mol. The van der Waals surface area contributed by atoms with E-state index >= 15 is 0 Å². The van der Waals surface area contributed by atoms with Crippen LogP contribution in [-0.2, 0) is 25.9 Å². The van der Waals surface area contributed by atoms with Crippen LogP contribution in [0.5, 0.6) is 0 Å². The summed E-state index contributed by atoms with van der Waals surface area (Å²) in [4.78, 5) is 5.60. The quantitative estimate of drug-likeness (QED) is 0.915. The highest BCUT2D eigenvalue weighted by Gasteiger charge is 2.21. The lowest BCUT2D eigenvalue weighted by Crippen LogP contribution is -2.30. The SMILES string of the molecule is CCc1nnc2n1CC(CNCc1cnc(C)s1)CC2. The number of thiazole rings is 1. The third-order valence-electron chi connectivity index (χ3n) is 3.84. The van der Waals surface area contributed by atoms with Crippen LogP contribution in [0, 0.1) is 12.8 Å². The monoisotopic (exact) mass is 291 g/mol. The van der Waals surface area contributed by atoms with Crippen LogP contribution in [0.3, 0.4) is 0 Å². The van der Waals surface area contributed by atoms with Crippen molar-refractivity contribution in [2.75, 3.05) is 6.54 Å². The molecule has 20 heavy (non-hydrogen) atoms. The van der Waals surface area contributed by atoms with Crippen LogP contribution in [-0.4, -0.2) is 26.3 Å². The highest BCUT2D eigenvalue weighted by molar-refractivity contribution is 7.11. The van der Waals surface area contributed by atoms with Gasteiger partial charge < -0.3 is 9.88 Å². The largest absolute Gasteiger partial charge is 0.315 e. The normalized spacial score (nSPS) is 18.2. The second-order valence-electron chi connectivity index (χ2n) is 5.38. The minimum Gasteiger partial charge on any atom is -0.315 e. The van der Waals surface area contributed by atoms with Gasteiger partial charge in [-0.3, -0.25) is 0 Å². The van der Waals surface area contributed by atoms with Crippen molar-refractivity contribution < 1.29 is 0 Å². The number of nitrogens with one attached hydrogen (secondary N) is 1. The summed E-state index contributed by atoms with van der Waals surface area (Å²) in [7, 11) is 0. The predicted octanol–water partition coefficient (Wildman–Crippen LogP) is 1.96. The summed E-state index contributed by atoms with van der Waals surface area (Å²) in [5, 5.41) is 13.2. The number of fused-ring (bicyclic) bond motifs is 1. The molecule has 2 aromatic rings. The first kappa shape index (κ1) is 13.7. The first-order valence-corrected chi connectivity index (χ1v) is 8.11. The van der Waals surface area contributed by atoms with Gasteiger partial charge in [-0.1, -0.05) is 6.92 Å². The molecule has 0 radical (unpaired) electrons. The Kier molecular flexibility index (Phi) is 4.12. The summed E-state index contributed by atoms with van der Waals surface area (Å²) in [5.41, 5.74) is 0. The van der Waals surface area contributed by atoms with Gasteiger partial charge >= 0.3 is 0 Å². The Morgan fingerprint density at radius 2 is 2.35 bits per heavy atom. The Balaban J connectivity index is 1.52. The Hall–Kier alpha value is -1.27. The fourth-order valence-electron chi connectivity index (χ4n) is 2.77. The predicted molar refractivity (Wildman–Crippen MR) is 79.8 cm³/mol. The Labute approximate surface area is 123 Å². The molecule has 0 saturated heterocycles. The van der Waals surface area contributed by atoms with Crippen molar-refractivity contribution in [3.63, 3.8) is 0 Å². The number of hydrogen-bond donors (Lipinski definition) is 1. The molecule has 5 nitrogen and oxygen atoms in total. The zero-order valence-electron chi connectivity index (χ0n) is 12.1. The summed E-state index contributed by atoms with van der Waals surface area (Å²) in [6.45, 7) is 7.23. The Morgan fingerprint density at radius 3 is 3.10 bits per heavy atom. The van der Waals surface area contributed by atoms with Crippen molar-refractivity contribution in [3.8, 4) is 0 Å². The van der Waals surface area contributed by atoms with Gasteiger partial charge in [0.2, 0.25) is 0 Å². The van der Waals surface area contributed by atoms with Gasteiger partial charge in [0, 0.05) is 43.5 Å². The molecular formula is C14H21N5S. The van der Waals surface area contributed by atoms with E-state index in [4.69, 9.17) is 0 Å². The molecule has 1 N–H and O–H groups in total. The Morgan fingerprint density at radius 1 is 1.45 bits per heavy atom. The molecule has 0 bridgehead atoms. The molecule has 1 aliphatic rings. The summed E-state index contributed by atoms with van der Waals surface area (Å²) in [6, 6.07) is 0. The molecule has 0 spiro atoms. The maximum atomic E-state index is 4.29. The van der Waals surface area contributed by atoms with E-state index in [0.717, 1.165) is 49.1 Å². The van der Waals surface area contributed by atoms with Crippen LogP contribution >= 0.6 is 11.3 Å². The van der Waals surface area contributed by atoms with Crippen LogP contribution in [0.25, 0.3) is 0 Å². The second-order valence-corrected chi connectivity index (χ2v) is 6.70. The fourth-order valence-corrected chi connectivity index (χ4v) is 3.53. The number of nitrogens with zero attached hydrogens (tertiary/aromatic N) is 4. The third kappa shape index (κ3) is 2.91. The second kappa shape index (κ2) is 6.01. The zero-order valence-corrected chi connectivity index (χ0v) is 12.9. The van der Waals surface area contributed by atoms with Gasteiger partial charge in [0.15, 0.2) is 0 Å². The van der Waals surface area contributed by atoms with Crippen LogP contribution in [0.1, 0.15) is 34.9 Å². The van der Waals surface area contributed by atoms with Gasteiger partial charge in [-0.25, -0.2) is 4.98 Å².